The summed E-state index contributed by atoms with van der Waals surface area (Å²) in [4.78, 5) is 16.4. The molecule has 4 aromatic rings. The number of halogens is 1. The van der Waals surface area contributed by atoms with E-state index in [2.05, 4.69) is 29.9 Å². The molecule has 2 aromatic carbocycles. The second-order valence-corrected chi connectivity index (χ2v) is 11.6. The minimum atomic E-state index is -3.55. The zero-order valence-corrected chi connectivity index (χ0v) is 23.0. The molecule has 0 unspecified atom stereocenters. The number of sulfonamides is 1. The van der Waals surface area contributed by atoms with Crippen LogP contribution in [0.1, 0.15) is 6.92 Å². The number of nitrogens with zero attached hydrogens (tertiary/aromatic N) is 4. The van der Waals surface area contributed by atoms with Crippen LogP contribution in [0.2, 0.25) is 0 Å². The summed E-state index contributed by atoms with van der Waals surface area (Å²) in [7, 11) is -1.94. The van der Waals surface area contributed by atoms with Crippen LogP contribution in [0.5, 0.6) is 5.75 Å². The van der Waals surface area contributed by atoms with Crippen molar-refractivity contribution in [2.75, 3.05) is 54.1 Å². The van der Waals surface area contributed by atoms with Crippen LogP contribution in [0.3, 0.4) is 0 Å². The van der Waals surface area contributed by atoms with Gasteiger partial charge in [0.15, 0.2) is 5.13 Å². The summed E-state index contributed by atoms with van der Waals surface area (Å²) >= 11 is 1.14. The van der Waals surface area contributed by atoms with Crippen molar-refractivity contribution in [2.24, 2.45) is 0 Å². The van der Waals surface area contributed by atoms with Crippen molar-refractivity contribution in [1.82, 2.24) is 15.0 Å². The molecule has 2 aromatic heterocycles. The smallest absolute Gasteiger partial charge is 0.234 e. The number of nitrogens with one attached hydrogen (secondary N) is 2. The Balaban J connectivity index is 1.47. The largest absolute Gasteiger partial charge is 0.494 e. The Labute approximate surface area is 229 Å². The summed E-state index contributed by atoms with van der Waals surface area (Å²) in [6.07, 6.45) is 1.60. The van der Waals surface area contributed by atoms with Crippen LogP contribution >= 0.6 is 11.3 Å². The Morgan fingerprint density at radius 1 is 1.10 bits per heavy atom. The first-order valence-corrected chi connectivity index (χ1v) is 14.7. The first-order valence-electron chi connectivity index (χ1n) is 12.2. The van der Waals surface area contributed by atoms with E-state index < -0.39 is 10.0 Å². The van der Waals surface area contributed by atoms with Crippen molar-refractivity contribution >= 4 is 43.8 Å². The van der Waals surface area contributed by atoms with E-state index in [4.69, 9.17) is 9.47 Å². The van der Waals surface area contributed by atoms with Gasteiger partial charge >= 0.3 is 0 Å². The third kappa shape index (κ3) is 6.27. The van der Waals surface area contributed by atoms with Crippen LogP contribution in [-0.2, 0) is 14.8 Å². The Morgan fingerprint density at radius 3 is 2.59 bits per heavy atom. The minimum absolute atomic E-state index is 0.0957. The zero-order chi connectivity index (χ0) is 27.4. The fourth-order valence-electron chi connectivity index (χ4n) is 4.01. The molecular weight excluding hydrogens is 543 g/mol. The summed E-state index contributed by atoms with van der Waals surface area (Å²) in [6, 6.07) is 13.4. The van der Waals surface area contributed by atoms with Gasteiger partial charge < -0.3 is 19.7 Å². The summed E-state index contributed by atoms with van der Waals surface area (Å²) in [5.41, 5.74) is 3.34. The number of aromatic nitrogens is 3. The van der Waals surface area contributed by atoms with Crippen LogP contribution in [0.25, 0.3) is 21.8 Å². The van der Waals surface area contributed by atoms with Gasteiger partial charge in [-0.15, -0.1) is 0 Å². The fraction of sp³-hybridized carbons (Fsp3) is 0.269. The maximum absolute atomic E-state index is 13.6. The van der Waals surface area contributed by atoms with Crippen LogP contribution in [0, 0.1) is 5.82 Å². The Kier molecular flexibility index (Phi) is 7.91. The predicted octanol–water partition coefficient (Wildman–Crippen LogP) is 4.76. The number of benzene rings is 2. The quantitative estimate of drug-likeness (QED) is 0.294. The number of rotatable bonds is 9. The van der Waals surface area contributed by atoms with Crippen molar-refractivity contribution in [3.63, 3.8) is 0 Å². The van der Waals surface area contributed by atoms with Crippen LogP contribution < -0.4 is 19.7 Å². The topological polar surface area (TPSA) is 119 Å². The molecule has 39 heavy (non-hydrogen) atoms. The molecule has 0 bridgehead atoms. The normalized spacial score (nSPS) is 13.8. The van der Waals surface area contributed by atoms with E-state index >= 15 is 0 Å². The predicted molar refractivity (Wildman–Crippen MR) is 151 cm³/mol. The first-order chi connectivity index (χ1) is 18.8. The van der Waals surface area contributed by atoms with Crippen molar-refractivity contribution in [2.45, 2.75) is 6.92 Å². The van der Waals surface area contributed by atoms with Gasteiger partial charge in [-0.2, -0.15) is 0 Å². The van der Waals surface area contributed by atoms with Gasteiger partial charge in [0, 0.05) is 36.6 Å². The van der Waals surface area contributed by atoms with Crippen molar-refractivity contribution < 1.29 is 22.3 Å². The maximum Gasteiger partial charge on any atom is 0.234 e. The Hall–Kier alpha value is -3.81. The lowest BCUT2D eigenvalue weighted by molar-refractivity contribution is 0.122. The highest BCUT2D eigenvalue weighted by atomic mass is 32.2. The molecule has 3 heterocycles. The van der Waals surface area contributed by atoms with Gasteiger partial charge in [0.2, 0.25) is 16.0 Å². The molecule has 0 atom stereocenters. The molecule has 10 nitrogen and oxygen atoms in total. The number of methoxy groups -OCH3 is 1. The maximum atomic E-state index is 13.6. The van der Waals surface area contributed by atoms with Gasteiger partial charge in [-0.3, -0.25) is 4.72 Å². The molecule has 1 aliphatic heterocycles. The lowest BCUT2D eigenvalue weighted by atomic mass is 10.1. The molecule has 2 N–H and O–H groups in total. The second kappa shape index (κ2) is 11.5. The molecule has 1 fully saturated rings. The highest BCUT2D eigenvalue weighted by Gasteiger charge is 2.20. The van der Waals surface area contributed by atoms with E-state index in [1.807, 2.05) is 18.2 Å². The number of ether oxygens (including phenoxy) is 2. The van der Waals surface area contributed by atoms with Gasteiger partial charge in [0.05, 0.1) is 48.0 Å². The van der Waals surface area contributed by atoms with Crippen molar-refractivity contribution in [3.8, 4) is 27.6 Å². The molecule has 0 amide bonds. The highest BCUT2D eigenvalue weighted by molar-refractivity contribution is 7.92. The second-order valence-electron chi connectivity index (χ2n) is 8.58. The third-order valence-corrected chi connectivity index (χ3v) is 8.45. The van der Waals surface area contributed by atoms with Crippen LogP contribution in [0.4, 0.5) is 26.8 Å². The van der Waals surface area contributed by atoms with Gasteiger partial charge in [0.25, 0.3) is 0 Å². The molecule has 1 saturated heterocycles. The lowest BCUT2D eigenvalue weighted by Crippen LogP contribution is -2.36. The average Bonchev–Trinajstić information content (AvgIpc) is 3.37. The molecule has 0 saturated carbocycles. The summed E-state index contributed by atoms with van der Waals surface area (Å²) in [6.45, 7) is 4.53. The molecule has 13 heteroatoms. The fourth-order valence-corrected chi connectivity index (χ4v) is 5.83. The third-order valence-electron chi connectivity index (χ3n) is 6.06. The number of thiazole rings is 1. The SMILES string of the molecule is CCS(=O)(=O)Nc1nc(-c2ccc(F)cc2)c(-c2ccnc(Nc3ccc(N4CCOCC4)cc3OC)n2)s1. The van der Waals surface area contributed by atoms with Gasteiger partial charge in [-0.05, 0) is 49.4 Å². The summed E-state index contributed by atoms with van der Waals surface area (Å²) < 4.78 is 51.6. The van der Waals surface area contributed by atoms with E-state index in [-0.39, 0.29) is 16.7 Å². The van der Waals surface area contributed by atoms with E-state index in [0.29, 0.717) is 52.4 Å². The number of anilines is 4. The Bertz CT molecular complexity index is 1560. The molecule has 0 aliphatic carbocycles. The minimum Gasteiger partial charge on any atom is -0.494 e. The van der Waals surface area contributed by atoms with Crippen LogP contribution in [0.15, 0.2) is 54.7 Å². The van der Waals surface area contributed by atoms with Gasteiger partial charge in [0.1, 0.15) is 11.6 Å². The highest BCUT2D eigenvalue weighted by Crippen LogP contribution is 2.39. The van der Waals surface area contributed by atoms with E-state index in [0.717, 1.165) is 30.1 Å². The van der Waals surface area contributed by atoms with E-state index in [9.17, 15) is 12.8 Å². The molecule has 0 radical (unpaired) electrons. The number of hydrogen-bond donors (Lipinski definition) is 2. The summed E-state index contributed by atoms with van der Waals surface area (Å²) in [5.74, 6) is 0.472. The first kappa shape index (κ1) is 26.8. The van der Waals surface area contributed by atoms with Gasteiger partial charge in [-0.1, -0.05) is 11.3 Å². The van der Waals surface area contributed by atoms with E-state index in [1.54, 1.807) is 38.4 Å². The molecule has 204 valence electrons. The summed E-state index contributed by atoms with van der Waals surface area (Å²) in [5, 5.41) is 3.41. The lowest BCUT2D eigenvalue weighted by Gasteiger charge is -2.29. The number of hydrogen-bond acceptors (Lipinski definition) is 10. The molecular formula is C26H27FN6O4S2. The van der Waals surface area contributed by atoms with E-state index in [1.165, 1.54) is 12.1 Å². The van der Waals surface area contributed by atoms with Crippen molar-refractivity contribution in [3.05, 3.63) is 60.5 Å². The van der Waals surface area contributed by atoms with Crippen LogP contribution in [-0.4, -0.2) is 62.5 Å². The number of morpholine rings is 1. The zero-order valence-electron chi connectivity index (χ0n) is 21.3. The monoisotopic (exact) mass is 570 g/mol. The van der Waals surface area contributed by atoms with Gasteiger partial charge in [-0.25, -0.2) is 27.8 Å². The molecule has 5 rings (SSSR count). The average molecular weight is 571 g/mol. The molecule has 1 aliphatic rings. The standard InChI is InChI=1S/C26H27FN6O4S2/c1-3-39(34,35)32-26-31-23(17-4-6-18(27)7-5-17)24(38-26)21-10-11-28-25(30-21)29-20-9-8-19(16-22(20)36-2)33-12-14-37-15-13-33/h4-11,16H,3,12-15H2,1-2H3,(H,31,32)(H,28,29,30). The Morgan fingerprint density at radius 2 is 1.87 bits per heavy atom. The van der Waals surface area contributed by atoms with Crippen molar-refractivity contribution in [1.29, 1.82) is 0 Å². The molecule has 0 spiro atoms.